The molecule has 1 aromatic heterocycles. The molecule has 0 fully saturated rings. The van der Waals surface area contributed by atoms with Crippen LogP contribution in [0.3, 0.4) is 0 Å². The fourth-order valence-corrected chi connectivity index (χ4v) is 3.68. The van der Waals surface area contributed by atoms with E-state index in [1.54, 1.807) is 35.5 Å². The van der Waals surface area contributed by atoms with E-state index in [2.05, 4.69) is 10.1 Å². The predicted molar refractivity (Wildman–Crippen MR) is 103 cm³/mol. The number of thiophene rings is 1. The third-order valence-electron chi connectivity index (χ3n) is 4.06. The molecule has 0 bridgehead atoms. The predicted octanol–water partition coefficient (Wildman–Crippen LogP) is 1.81. The first-order chi connectivity index (χ1) is 12.6. The number of nitrogens with two attached hydrogens (primary N) is 1. The van der Waals surface area contributed by atoms with Crippen molar-refractivity contribution in [3.05, 3.63) is 46.2 Å². The van der Waals surface area contributed by atoms with Gasteiger partial charge in [-0.25, -0.2) is 18.4 Å². The lowest BCUT2D eigenvalue weighted by atomic mass is 10.1. The molecule has 1 atom stereocenters. The highest BCUT2D eigenvalue weighted by Gasteiger charge is 2.19. The standard InChI is InChI=1S/C17H21N3O5S2/c1-11(12-4-6-13(7-5-12)27(18,23)24)20(2)10-15(21)19-14-8-9-26-16(14)17(22)25-3/h4-9,11H,10H2,1-3H3,(H,19,21)(H2,18,23,24). The van der Waals surface area contributed by atoms with Crippen molar-refractivity contribution in [2.75, 3.05) is 26.0 Å². The number of hydrogen-bond acceptors (Lipinski definition) is 7. The summed E-state index contributed by atoms with van der Waals surface area (Å²) in [7, 11) is -0.689. The van der Waals surface area contributed by atoms with Crippen molar-refractivity contribution < 1.29 is 22.7 Å². The lowest BCUT2D eigenvalue weighted by molar-refractivity contribution is -0.117. The second-order valence-electron chi connectivity index (χ2n) is 5.91. The highest BCUT2D eigenvalue weighted by atomic mass is 32.2. The van der Waals surface area contributed by atoms with Gasteiger partial charge in [0.2, 0.25) is 15.9 Å². The molecule has 0 saturated heterocycles. The summed E-state index contributed by atoms with van der Waals surface area (Å²) in [5, 5.41) is 9.49. The minimum Gasteiger partial charge on any atom is -0.465 e. The maximum atomic E-state index is 12.3. The van der Waals surface area contributed by atoms with Crippen LogP contribution in [-0.2, 0) is 19.6 Å². The van der Waals surface area contributed by atoms with Gasteiger partial charge < -0.3 is 10.1 Å². The van der Waals surface area contributed by atoms with Crippen LogP contribution >= 0.6 is 11.3 Å². The van der Waals surface area contributed by atoms with Gasteiger partial charge in [-0.05, 0) is 43.1 Å². The maximum Gasteiger partial charge on any atom is 0.350 e. The van der Waals surface area contributed by atoms with Crippen LogP contribution < -0.4 is 10.5 Å². The second kappa shape index (κ2) is 8.61. The highest BCUT2D eigenvalue weighted by molar-refractivity contribution is 7.89. The van der Waals surface area contributed by atoms with E-state index in [0.29, 0.717) is 10.6 Å². The number of hydrogen-bond donors (Lipinski definition) is 2. The van der Waals surface area contributed by atoms with Crippen LogP contribution in [0.4, 0.5) is 5.69 Å². The first-order valence-electron chi connectivity index (χ1n) is 7.92. The topological polar surface area (TPSA) is 119 Å². The van der Waals surface area contributed by atoms with Gasteiger partial charge in [-0.1, -0.05) is 12.1 Å². The fourth-order valence-electron chi connectivity index (χ4n) is 2.40. The van der Waals surface area contributed by atoms with Gasteiger partial charge >= 0.3 is 5.97 Å². The fraction of sp³-hybridized carbons (Fsp3) is 0.294. The molecule has 0 saturated carbocycles. The van der Waals surface area contributed by atoms with E-state index in [0.717, 1.165) is 5.56 Å². The van der Waals surface area contributed by atoms with E-state index in [9.17, 15) is 18.0 Å². The lowest BCUT2D eigenvalue weighted by Gasteiger charge is -2.24. The second-order valence-corrected chi connectivity index (χ2v) is 8.39. The Morgan fingerprint density at radius 1 is 1.26 bits per heavy atom. The number of rotatable bonds is 7. The smallest absolute Gasteiger partial charge is 0.350 e. The van der Waals surface area contributed by atoms with E-state index < -0.39 is 16.0 Å². The molecule has 1 aromatic carbocycles. The minimum absolute atomic E-state index is 0.0339. The summed E-state index contributed by atoms with van der Waals surface area (Å²) in [5.41, 5.74) is 1.25. The van der Waals surface area contributed by atoms with Crippen molar-refractivity contribution in [3.8, 4) is 0 Å². The van der Waals surface area contributed by atoms with Crippen LogP contribution in [0.15, 0.2) is 40.6 Å². The normalized spacial score (nSPS) is 12.6. The number of anilines is 1. The number of ether oxygens (including phenoxy) is 1. The number of carbonyl (C=O) groups excluding carboxylic acids is 2. The number of nitrogens with one attached hydrogen (secondary N) is 1. The number of likely N-dealkylation sites (N-methyl/N-ethyl adjacent to an activating group) is 1. The van der Waals surface area contributed by atoms with Gasteiger partial charge in [0.1, 0.15) is 4.88 Å². The lowest BCUT2D eigenvalue weighted by Crippen LogP contribution is -2.32. The quantitative estimate of drug-likeness (QED) is 0.671. The first-order valence-corrected chi connectivity index (χ1v) is 10.3. The molecule has 3 N–H and O–H groups in total. The largest absolute Gasteiger partial charge is 0.465 e. The van der Waals surface area contributed by atoms with Gasteiger partial charge in [0.05, 0.1) is 24.2 Å². The van der Waals surface area contributed by atoms with Crippen molar-refractivity contribution in [2.24, 2.45) is 5.14 Å². The van der Waals surface area contributed by atoms with Gasteiger partial charge in [0.25, 0.3) is 0 Å². The van der Waals surface area contributed by atoms with Crippen molar-refractivity contribution in [1.29, 1.82) is 0 Å². The third-order valence-corrected chi connectivity index (χ3v) is 5.88. The molecule has 0 spiro atoms. The van der Waals surface area contributed by atoms with Crippen LogP contribution in [0.5, 0.6) is 0 Å². The van der Waals surface area contributed by atoms with E-state index in [-0.39, 0.29) is 23.4 Å². The number of primary sulfonamides is 1. The molecule has 1 unspecified atom stereocenters. The zero-order valence-electron chi connectivity index (χ0n) is 15.1. The summed E-state index contributed by atoms with van der Waals surface area (Å²) in [5.74, 6) is -0.786. The number of esters is 1. The van der Waals surface area contributed by atoms with E-state index in [4.69, 9.17) is 5.14 Å². The number of carbonyl (C=O) groups is 2. The molecular formula is C17H21N3O5S2. The Kier molecular flexibility index (Phi) is 6.71. The Morgan fingerprint density at radius 2 is 1.89 bits per heavy atom. The first kappa shape index (κ1) is 21.0. The minimum atomic E-state index is -3.74. The SMILES string of the molecule is COC(=O)c1sccc1NC(=O)CN(C)C(C)c1ccc(S(N)(=O)=O)cc1. The molecule has 146 valence electrons. The molecule has 1 amide bonds. The van der Waals surface area contributed by atoms with E-state index in [1.807, 2.05) is 6.92 Å². The average Bonchev–Trinajstić information content (AvgIpc) is 3.07. The summed E-state index contributed by atoms with van der Waals surface area (Å²) in [4.78, 5) is 26.1. The maximum absolute atomic E-state index is 12.3. The highest BCUT2D eigenvalue weighted by Crippen LogP contribution is 2.24. The Morgan fingerprint density at radius 3 is 2.44 bits per heavy atom. The molecule has 0 aliphatic heterocycles. The van der Waals surface area contributed by atoms with Crippen LogP contribution in [-0.4, -0.2) is 45.9 Å². The molecular weight excluding hydrogens is 390 g/mol. The Labute approximate surface area is 162 Å². The van der Waals surface area contributed by atoms with Crippen molar-refractivity contribution in [2.45, 2.75) is 17.9 Å². The van der Waals surface area contributed by atoms with Crippen LogP contribution in [0, 0.1) is 0 Å². The van der Waals surface area contributed by atoms with Crippen molar-refractivity contribution in [1.82, 2.24) is 4.90 Å². The van der Waals surface area contributed by atoms with Gasteiger partial charge in [0.15, 0.2) is 0 Å². The van der Waals surface area contributed by atoms with Crippen LogP contribution in [0.2, 0.25) is 0 Å². The zero-order valence-corrected chi connectivity index (χ0v) is 16.8. The molecule has 0 aliphatic carbocycles. The third kappa shape index (κ3) is 5.36. The van der Waals surface area contributed by atoms with E-state index in [1.165, 1.54) is 30.6 Å². The Hall–Kier alpha value is -2.27. The van der Waals surface area contributed by atoms with Gasteiger partial charge in [-0.2, -0.15) is 0 Å². The number of methoxy groups -OCH3 is 1. The number of amides is 1. The molecule has 2 aromatic rings. The average molecular weight is 412 g/mol. The van der Waals surface area contributed by atoms with Crippen molar-refractivity contribution >= 4 is 38.9 Å². The number of benzene rings is 1. The Bertz CT molecular complexity index is 922. The van der Waals surface area contributed by atoms with Gasteiger partial charge in [-0.3, -0.25) is 9.69 Å². The summed E-state index contributed by atoms with van der Waals surface area (Å²) in [6, 6.07) is 7.68. The number of sulfonamides is 1. The molecule has 27 heavy (non-hydrogen) atoms. The summed E-state index contributed by atoms with van der Waals surface area (Å²) in [6.45, 7) is 1.97. The molecule has 10 heteroatoms. The van der Waals surface area contributed by atoms with Crippen LogP contribution in [0.1, 0.15) is 28.2 Å². The summed E-state index contributed by atoms with van der Waals surface area (Å²) >= 11 is 1.19. The molecule has 0 aliphatic rings. The summed E-state index contributed by atoms with van der Waals surface area (Å²) in [6.07, 6.45) is 0. The monoisotopic (exact) mass is 411 g/mol. The molecule has 1 heterocycles. The van der Waals surface area contributed by atoms with E-state index >= 15 is 0 Å². The molecule has 0 radical (unpaired) electrons. The van der Waals surface area contributed by atoms with Gasteiger partial charge in [-0.15, -0.1) is 11.3 Å². The summed E-state index contributed by atoms with van der Waals surface area (Å²) < 4.78 is 27.3. The van der Waals surface area contributed by atoms with Crippen LogP contribution in [0.25, 0.3) is 0 Å². The number of nitrogens with zero attached hydrogens (tertiary/aromatic N) is 1. The van der Waals surface area contributed by atoms with Crippen molar-refractivity contribution in [3.63, 3.8) is 0 Å². The Balaban J connectivity index is 2.02. The van der Waals surface area contributed by atoms with Gasteiger partial charge in [0, 0.05) is 6.04 Å². The molecule has 2 rings (SSSR count). The zero-order chi connectivity index (χ0) is 20.2. The molecule has 8 nitrogen and oxygen atoms in total.